The molecule has 3 rings (SSSR count). The van der Waals surface area contributed by atoms with Gasteiger partial charge in [0.25, 0.3) is 17.5 Å². The molecule has 136 valence electrons. The number of nitrogens with zero attached hydrogens (tertiary/aromatic N) is 2. The largest absolute Gasteiger partial charge is 0.321 e. The van der Waals surface area contributed by atoms with Crippen LogP contribution >= 0.6 is 0 Å². The van der Waals surface area contributed by atoms with Crippen molar-refractivity contribution in [3.63, 3.8) is 0 Å². The molecule has 0 aliphatic heterocycles. The van der Waals surface area contributed by atoms with Gasteiger partial charge in [0.1, 0.15) is 5.82 Å². The smallest absolute Gasteiger partial charge is 0.278 e. The molecule has 27 heavy (non-hydrogen) atoms. The van der Waals surface area contributed by atoms with Crippen LogP contribution in [0.25, 0.3) is 0 Å². The van der Waals surface area contributed by atoms with Crippen molar-refractivity contribution in [2.45, 2.75) is 0 Å². The van der Waals surface area contributed by atoms with Crippen molar-refractivity contribution in [3.05, 3.63) is 81.9 Å². The number of halogens is 1. The number of hydrogen-bond donors (Lipinski definition) is 3. The Labute approximate surface area is 151 Å². The maximum Gasteiger partial charge on any atom is 0.278 e. The lowest BCUT2D eigenvalue weighted by Gasteiger charge is -2.07. The van der Waals surface area contributed by atoms with Gasteiger partial charge in [0, 0.05) is 29.6 Å². The Hall–Kier alpha value is -4.08. The molecule has 2 amide bonds. The Balaban J connectivity index is 1.72. The monoisotopic (exact) mass is 369 g/mol. The summed E-state index contributed by atoms with van der Waals surface area (Å²) in [6.07, 6.45) is 1.32. The molecule has 3 N–H and O–H groups in total. The summed E-state index contributed by atoms with van der Waals surface area (Å²) in [5.41, 5.74) is 0.436. The molecule has 0 bridgehead atoms. The first-order valence-electron chi connectivity index (χ1n) is 7.60. The molecular weight excluding hydrogens is 357 g/mol. The van der Waals surface area contributed by atoms with E-state index in [0.29, 0.717) is 5.69 Å². The van der Waals surface area contributed by atoms with E-state index < -0.39 is 22.6 Å². The molecule has 0 spiro atoms. The van der Waals surface area contributed by atoms with Crippen LogP contribution in [0.5, 0.6) is 0 Å². The van der Waals surface area contributed by atoms with Crippen LogP contribution in [-0.4, -0.2) is 26.9 Å². The molecule has 0 radical (unpaired) electrons. The number of carbonyl (C=O) groups is 2. The number of nitro groups is 1. The number of non-ortho nitro benzene ring substituents is 1. The number of nitrogens with one attached hydrogen (secondary N) is 3. The van der Waals surface area contributed by atoms with Crippen LogP contribution in [0.4, 0.5) is 21.5 Å². The van der Waals surface area contributed by atoms with E-state index in [1.165, 1.54) is 54.7 Å². The summed E-state index contributed by atoms with van der Waals surface area (Å²) in [7, 11) is 0. The summed E-state index contributed by atoms with van der Waals surface area (Å²) in [4.78, 5) is 34.7. The Morgan fingerprint density at radius 1 is 1.00 bits per heavy atom. The van der Waals surface area contributed by atoms with E-state index in [2.05, 4.69) is 20.8 Å². The van der Waals surface area contributed by atoms with Gasteiger partial charge in [-0.25, -0.2) is 4.39 Å². The minimum Gasteiger partial charge on any atom is -0.321 e. The number of H-pyrrole nitrogens is 1. The van der Waals surface area contributed by atoms with E-state index >= 15 is 0 Å². The first-order valence-corrected chi connectivity index (χ1v) is 7.60. The van der Waals surface area contributed by atoms with Crippen LogP contribution in [0.2, 0.25) is 0 Å². The highest BCUT2D eigenvalue weighted by molar-refractivity contribution is 6.11. The van der Waals surface area contributed by atoms with Gasteiger partial charge in [-0.05, 0) is 36.4 Å². The number of hydrogen-bond acceptors (Lipinski definition) is 5. The Kier molecular flexibility index (Phi) is 4.88. The van der Waals surface area contributed by atoms with Crippen LogP contribution < -0.4 is 10.6 Å². The number of amides is 2. The Morgan fingerprint density at radius 3 is 2.30 bits per heavy atom. The van der Waals surface area contributed by atoms with Crippen molar-refractivity contribution in [1.29, 1.82) is 0 Å². The molecule has 0 saturated carbocycles. The third-order valence-electron chi connectivity index (χ3n) is 3.55. The highest BCUT2D eigenvalue weighted by atomic mass is 19.1. The lowest BCUT2D eigenvalue weighted by molar-refractivity contribution is -0.384. The summed E-state index contributed by atoms with van der Waals surface area (Å²) in [5, 5.41) is 22.0. The number of benzene rings is 2. The molecule has 1 heterocycles. The zero-order chi connectivity index (χ0) is 19.4. The second kappa shape index (κ2) is 7.44. The first-order chi connectivity index (χ1) is 12.9. The Morgan fingerprint density at radius 2 is 1.67 bits per heavy atom. The molecule has 0 aliphatic rings. The van der Waals surface area contributed by atoms with Crippen LogP contribution in [-0.2, 0) is 0 Å². The molecule has 2 aromatic carbocycles. The van der Waals surface area contributed by atoms with Gasteiger partial charge in [-0.2, -0.15) is 5.10 Å². The van der Waals surface area contributed by atoms with Gasteiger partial charge in [-0.3, -0.25) is 24.8 Å². The highest BCUT2D eigenvalue weighted by Gasteiger charge is 2.18. The number of carbonyl (C=O) groups excluding carboxylic acids is 2. The molecule has 0 fully saturated rings. The zero-order valence-corrected chi connectivity index (χ0v) is 13.6. The van der Waals surface area contributed by atoms with Gasteiger partial charge in [-0.15, -0.1) is 0 Å². The van der Waals surface area contributed by atoms with Gasteiger partial charge in [0.05, 0.1) is 10.6 Å². The maximum atomic E-state index is 12.9. The second-order valence-corrected chi connectivity index (χ2v) is 5.37. The molecule has 9 nitrogen and oxygen atoms in total. The predicted octanol–water partition coefficient (Wildman–Crippen LogP) is 2.96. The molecule has 1 aromatic heterocycles. The maximum absolute atomic E-state index is 12.9. The fourth-order valence-electron chi connectivity index (χ4n) is 2.21. The van der Waals surface area contributed by atoms with Crippen molar-refractivity contribution in [2.24, 2.45) is 0 Å². The van der Waals surface area contributed by atoms with Crippen molar-refractivity contribution in [1.82, 2.24) is 10.2 Å². The van der Waals surface area contributed by atoms with Crippen molar-refractivity contribution < 1.29 is 18.9 Å². The van der Waals surface area contributed by atoms with Gasteiger partial charge in [0.15, 0.2) is 5.69 Å². The van der Waals surface area contributed by atoms with Gasteiger partial charge >= 0.3 is 0 Å². The van der Waals surface area contributed by atoms with Gasteiger partial charge in [0.2, 0.25) is 0 Å². The van der Waals surface area contributed by atoms with E-state index in [0.717, 1.165) is 0 Å². The van der Waals surface area contributed by atoms with Gasteiger partial charge in [-0.1, -0.05) is 0 Å². The summed E-state index contributed by atoms with van der Waals surface area (Å²) in [6, 6.07) is 10.1. The minimum absolute atomic E-state index is 0.0745. The standard InChI is InChI=1S/C17H12FN5O4/c18-11-3-5-12(6-4-11)20-17(25)15-14(9-19-22-15)21-16(24)10-1-7-13(8-2-10)23(26)27/h1-9H,(H,19,22)(H,20,25)(H,21,24). The fourth-order valence-corrected chi connectivity index (χ4v) is 2.21. The van der Waals surface area contributed by atoms with Crippen molar-refractivity contribution in [3.8, 4) is 0 Å². The first kappa shape index (κ1) is 17.7. The third kappa shape index (κ3) is 4.12. The summed E-state index contributed by atoms with van der Waals surface area (Å²) in [6.45, 7) is 0. The predicted molar refractivity (Wildman–Crippen MR) is 94.0 cm³/mol. The SMILES string of the molecule is O=C(Nc1c[nH]nc1C(=O)Nc1ccc(F)cc1)c1ccc([N+](=O)[O-])cc1. The summed E-state index contributed by atoms with van der Waals surface area (Å²) >= 11 is 0. The third-order valence-corrected chi connectivity index (χ3v) is 3.55. The molecule has 0 saturated heterocycles. The van der Waals surface area contributed by atoms with E-state index in [4.69, 9.17) is 0 Å². The molecular formula is C17H12FN5O4. The fraction of sp³-hybridized carbons (Fsp3) is 0. The van der Waals surface area contributed by atoms with Crippen LogP contribution in [0.3, 0.4) is 0 Å². The number of anilines is 2. The number of aromatic nitrogens is 2. The zero-order valence-electron chi connectivity index (χ0n) is 13.6. The Bertz CT molecular complexity index is 999. The van der Waals surface area contributed by atoms with E-state index in [9.17, 15) is 24.1 Å². The quantitative estimate of drug-likeness (QED) is 0.470. The van der Waals surface area contributed by atoms with E-state index in [-0.39, 0.29) is 22.6 Å². The number of nitro benzene ring substituents is 1. The topological polar surface area (TPSA) is 130 Å². The van der Waals surface area contributed by atoms with Gasteiger partial charge < -0.3 is 10.6 Å². The molecule has 3 aromatic rings. The molecule has 0 unspecified atom stereocenters. The molecule has 10 heteroatoms. The van der Waals surface area contributed by atoms with Crippen LogP contribution in [0, 0.1) is 15.9 Å². The minimum atomic E-state index is -0.609. The van der Waals surface area contributed by atoms with E-state index in [1.54, 1.807) is 0 Å². The normalized spacial score (nSPS) is 10.3. The molecule has 0 aliphatic carbocycles. The average molecular weight is 369 g/mol. The number of rotatable bonds is 5. The lowest BCUT2D eigenvalue weighted by Crippen LogP contribution is -2.18. The summed E-state index contributed by atoms with van der Waals surface area (Å²) < 4.78 is 12.9. The van der Waals surface area contributed by atoms with Crippen LogP contribution in [0.1, 0.15) is 20.8 Å². The van der Waals surface area contributed by atoms with Crippen molar-refractivity contribution >= 4 is 28.9 Å². The summed E-state index contributed by atoms with van der Waals surface area (Å²) in [5.74, 6) is -1.62. The van der Waals surface area contributed by atoms with Crippen molar-refractivity contribution in [2.75, 3.05) is 10.6 Å². The molecule has 0 atom stereocenters. The second-order valence-electron chi connectivity index (χ2n) is 5.37. The highest BCUT2D eigenvalue weighted by Crippen LogP contribution is 2.17. The lowest BCUT2D eigenvalue weighted by atomic mass is 10.2. The number of aromatic amines is 1. The van der Waals surface area contributed by atoms with E-state index in [1.807, 2.05) is 0 Å². The van der Waals surface area contributed by atoms with Crippen LogP contribution in [0.15, 0.2) is 54.7 Å². The average Bonchev–Trinajstić information content (AvgIpc) is 3.12.